The Bertz CT molecular complexity index is 683. The van der Waals surface area contributed by atoms with Crippen molar-refractivity contribution in [3.8, 4) is 22.3 Å². The zero-order valence-electron chi connectivity index (χ0n) is 11.1. The van der Waals surface area contributed by atoms with Crippen LogP contribution in [0.5, 0.6) is 0 Å². The van der Waals surface area contributed by atoms with Gasteiger partial charge in [0.1, 0.15) is 0 Å². The van der Waals surface area contributed by atoms with Crippen molar-refractivity contribution in [3.63, 3.8) is 0 Å². The third-order valence-electron chi connectivity index (χ3n) is 3.32. The molecule has 0 aromatic heterocycles. The van der Waals surface area contributed by atoms with E-state index in [9.17, 15) is 0 Å². The number of benzene rings is 3. The molecule has 0 unspecified atom stereocenters. The maximum absolute atomic E-state index is 5.89. The first-order valence-electron chi connectivity index (χ1n) is 6.55. The van der Waals surface area contributed by atoms with Gasteiger partial charge in [-0.25, -0.2) is 0 Å². The molecule has 0 spiro atoms. The number of hydrogen-bond acceptors (Lipinski definition) is 2. The highest BCUT2D eigenvalue weighted by molar-refractivity contribution is 5.85. The van der Waals surface area contributed by atoms with Crippen LogP contribution < -0.4 is 11.5 Å². The van der Waals surface area contributed by atoms with Gasteiger partial charge in [0.15, 0.2) is 0 Å². The fourth-order valence-corrected chi connectivity index (χ4v) is 2.40. The first-order chi connectivity index (χ1) is 9.74. The van der Waals surface area contributed by atoms with E-state index in [-0.39, 0.29) is 0 Å². The second-order valence-electron chi connectivity index (χ2n) is 4.80. The minimum atomic E-state index is 0.768. The summed E-state index contributed by atoms with van der Waals surface area (Å²) >= 11 is 0. The van der Waals surface area contributed by atoms with Gasteiger partial charge in [-0.2, -0.15) is 0 Å². The van der Waals surface area contributed by atoms with Gasteiger partial charge in [-0.3, -0.25) is 0 Å². The Morgan fingerprint density at radius 1 is 0.500 bits per heavy atom. The lowest BCUT2D eigenvalue weighted by Crippen LogP contribution is -1.89. The van der Waals surface area contributed by atoms with Gasteiger partial charge < -0.3 is 11.5 Å². The van der Waals surface area contributed by atoms with Crippen molar-refractivity contribution < 1.29 is 0 Å². The highest BCUT2D eigenvalue weighted by Crippen LogP contribution is 2.33. The number of anilines is 2. The van der Waals surface area contributed by atoms with Crippen molar-refractivity contribution in [3.05, 3.63) is 72.8 Å². The molecule has 0 radical (unpaired) electrons. The van der Waals surface area contributed by atoms with Crippen LogP contribution in [0.2, 0.25) is 0 Å². The zero-order chi connectivity index (χ0) is 13.9. The summed E-state index contributed by atoms with van der Waals surface area (Å²) in [5.74, 6) is 0. The van der Waals surface area contributed by atoms with Gasteiger partial charge in [-0.15, -0.1) is 0 Å². The van der Waals surface area contributed by atoms with Crippen LogP contribution in [0.15, 0.2) is 72.8 Å². The fraction of sp³-hybridized carbons (Fsp3) is 0. The van der Waals surface area contributed by atoms with Crippen molar-refractivity contribution in [1.29, 1.82) is 0 Å². The highest BCUT2D eigenvalue weighted by Gasteiger charge is 2.07. The van der Waals surface area contributed by atoms with Crippen molar-refractivity contribution >= 4 is 11.4 Å². The molecule has 3 aromatic carbocycles. The van der Waals surface area contributed by atoms with Crippen molar-refractivity contribution in [2.24, 2.45) is 0 Å². The molecule has 2 heteroatoms. The molecule has 0 saturated carbocycles. The standard InChI is InChI=1S/C18H16N2/c19-15-7-3-5-13(11-15)17-9-1-2-10-18(17)14-6-4-8-16(20)12-14/h1-12H,19-20H2. The summed E-state index contributed by atoms with van der Waals surface area (Å²) in [5.41, 5.74) is 17.9. The molecule has 98 valence electrons. The van der Waals surface area contributed by atoms with Crippen LogP contribution in [0.4, 0.5) is 11.4 Å². The Kier molecular flexibility index (Phi) is 3.13. The monoisotopic (exact) mass is 260 g/mol. The van der Waals surface area contributed by atoms with Crippen LogP contribution in [0.25, 0.3) is 22.3 Å². The molecule has 3 aromatic rings. The average Bonchev–Trinajstić information content (AvgIpc) is 2.47. The number of nitrogen functional groups attached to an aromatic ring is 2. The molecule has 3 rings (SSSR count). The van der Waals surface area contributed by atoms with Gasteiger partial charge >= 0.3 is 0 Å². The lowest BCUT2D eigenvalue weighted by molar-refractivity contribution is 1.58. The molecule has 0 amide bonds. The summed E-state index contributed by atoms with van der Waals surface area (Å²) in [6.45, 7) is 0. The molecule has 2 nitrogen and oxygen atoms in total. The average molecular weight is 260 g/mol. The quantitative estimate of drug-likeness (QED) is 0.679. The van der Waals surface area contributed by atoms with Crippen LogP contribution in [0, 0.1) is 0 Å². The first kappa shape index (κ1) is 12.3. The number of rotatable bonds is 2. The van der Waals surface area contributed by atoms with E-state index in [2.05, 4.69) is 24.3 Å². The summed E-state index contributed by atoms with van der Waals surface area (Å²) < 4.78 is 0. The molecular formula is C18H16N2. The Morgan fingerprint density at radius 2 is 0.950 bits per heavy atom. The second-order valence-corrected chi connectivity index (χ2v) is 4.80. The minimum Gasteiger partial charge on any atom is -0.399 e. The molecule has 0 aliphatic heterocycles. The lowest BCUT2D eigenvalue weighted by atomic mass is 9.94. The molecule has 0 atom stereocenters. The molecule has 0 heterocycles. The molecule has 0 bridgehead atoms. The second kappa shape index (κ2) is 5.10. The fourth-order valence-electron chi connectivity index (χ4n) is 2.40. The summed E-state index contributed by atoms with van der Waals surface area (Å²) in [5, 5.41) is 0. The van der Waals surface area contributed by atoms with E-state index in [4.69, 9.17) is 11.5 Å². The third-order valence-corrected chi connectivity index (χ3v) is 3.32. The van der Waals surface area contributed by atoms with Crippen molar-refractivity contribution in [2.45, 2.75) is 0 Å². The maximum Gasteiger partial charge on any atom is 0.0320 e. The molecular weight excluding hydrogens is 244 g/mol. The smallest absolute Gasteiger partial charge is 0.0320 e. The summed E-state index contributed by atoms with van der Waals surface area (Å²) in [6.07, 6.45) is 0. The van der Waals surface area contributed by atoms with Crippen molar-refractivity contribution in [1.82, 2.24) is 0 Å². The van der Waals surface area contributed by atoms with Gasteiger partial charge in [0.25, 0.3) is 0 Å². The third kappa shape index (κ3) is 2.36. The van der Waals surface area contributed by atoms with Gasteiger partial charge in [0.05, 0.1) is 0 Å². The predicted molar refractivity (Wildman–Crippen MR) is 86.1 cm³/mol. The Labute approximate surface area is 118 Å². The maximum atomic E-state index is 5.89. The number of nitrogens with two attached hydrogens (primary N) is 2. The molecule has 0 aliphatic rings. The number of hydrogen-bond donors (Lipinski definition) is 2. The van der Waals surface area contributed by atoms with Gasteiger partial charge in [-0.1, -0.05) is 48.5 Å². The van der Waals surface area contributed by atoms with E-state index < -0.39 is 0 Å². The Morgan fingerprint density at radius 3 is 1.35 bits per heavy atom. The largest absolute Gasteiger partial charge is 0.399 e. The van der Waals surface area contributed by atoms with Crippen LogP contribution in [-0.4, -0.2) is 0 Å². The molecule has 0 aliphatic carbocycles. The highest BCUT2D eigenvalue weighted by atomic mass is 14.5. The van der Waals surface area contributed by atoms with Crippen LogP contribution in [0.3, 0.4) is 0 Å². The molecule has 0 fully saturated rings. The van der Waals surface area contributed by atoms with Gasteiger partial charge in [0.2, 0.25) is 0 Å². The van der Waals surface area contributed by atoms with Gasteiger partial charge in [0, 0.05) is 11.4 Å². The predicted octanol–water partition coefficient (Wildman–Crippen LogP) is 4.19. The van der Waals surface area contributed by atoms with Crippen molar-refractivity contribution in [2.75, 3.05) is 11.5 Å². The summed E-state index contributed by atoms with van der Waals surface area (Å²) in [4.78, 5) is 0. The normalized spacial score (nSPS) is 10.4. The summed E-state index contributed by atoms with van der Waals surface area (Å²) in [6, 6.07) is 24.1. The van der Waals surface area contributed by atoms with E-state index in [0.717, 1.165) is 33.6 Å². The Hall–Kier alpha value is -2.74. The van der Waals surface area contributed by atoms with E-state index >= 15 is 0 Å². The van der Waals surface area contributed by atoms with E-state index in [0.29, 0.717) is 0 Å². The van der Waals surface area contributed by atoms with Crippen LogP contribution in [0.1, 0.15) is 0 Å². The van der Waals surface area contributed by atoms with E-state index in [1.807, 2.05) is 48.5 Å². The molecule has 4 N–H and O–H groups in total. The SMILES string of the molecule is Nc1cccc(-c2ccccc2-c2cccc(N)c2)c1. The van der Waals surface area contributed by atoms with E-state index in [1.165, 1.54) is 0 Å². The van der Waals surface area contributed by atoms with Crippen LogP contribution in [-0.2, 0) is 0 Å². The first-order valence-corrected chi connectivity index (χ1v) is 6.55. The topological polar surface area (TPSA) is 52.0 Å². The van der Waals surface area contributed by atoms with Crippen LogP contribution >= 0.6 is 0 Å². The molecule has 20 heavy (non-hydrogen) atoms. The summed E-state index contributed by atoms with van der Waals surface area (Å²) in [7, 11) is 0. The molecule has 0 saturated heterocycles. The zero-order valence-corrected chi connectivity index (χ0v) is 11.1. The lowest BCUT2D eigenvalue weighted by Gasteiger charge is -2.11. The Balaban J connectivity index is 2.18. The minimum absolute atomic E-state index is 0.768. The van der Waals surface area contributed by atoms with E-state index in [1.54, 1.807) is 0 Å². The van der Waals surface area contributed by atoms with Gasteiger partial charge in [-0.05, 0) is 46.5 Å².